The van der Waals surface area contributed by atoms with Crippen LogP contribution in [0.2, 0.25) is 10.0 Å². The summed E-state index contributed by atoms with van der Waals surface area (Å²) >= 11 is 13.4. The molecule has 0 atom stereocenters. The molecule has 2 rings (SSSR count). The molecular weight excluding hydrogens is 337 g/mol. The van der Waals surface area contributed by atoms with Crippen molar-refractivity contribution in [2.24, 2.45) is 0 Å². The predicted molar refractivity (Wildman–Crippen MR) is 80.4 cm³/mol. The fraction of sp³-hybridized carbons (Fsp3) is 0.250. The van der Waals surface area contributed by atoms with Gasteiger partial charge in [-0.05, 0) is 18.6 Å². The maximum absolute atomic E-state index is 10.7. The molecule has 2 aromatic rings. The lowest BCUT2D eigenvalue weighted by Crippen LogP contribution is -2.06. The zero-order valence-electron chi connectivity index (χ0n) is 10.9. The number of benzene rings is 1. The number of hydrogen-bond donors (Lipinski definition) is 2. The third-order valence-electron chi connectivity index (χ3n) is 2.65. The molecule has 0 fully saturated rings. The first-order chi connectivity index (χ1) is 9.95. The van der Waals surface area contributed by atoms with Crippen molar-refractivity contribution in [2.45, 2.75) is 18.7 Å². The normalized spacial score (nSPS) is 10.9. The van der Waals surface area contributed by atoms with Gasteiger partial charge in [0.1, 0.15) is 6.61 Å². The molecule has 21 heavy (non-hydrogen) atoms. The van der Waals surface area contributed by atoms with Gasteiger partial charge in [-0.25, -0.2) is 0 Å². The second-order valence-corrected chi connectivity index (χ2v) is 5.83. The van der Waals surface area contributed by atoms with Gasteiger partial charge in [-0.2, -0.15) is 0 Å². The molecule has 0 saturated heterocycles. The average Bonchev–Trinajstić information content (AvgIpc) is 2.84. The van der Waals surface area contributed by atoms with E-state index in [2.05, 4.69) is 10.2 Å². The number of aliphatic hydroxyl groups excluding tert-OH is 1. The number of aliphatic hydroxyl groups is 1. The Kier molecular flexibility index (Phi) is 5.10. The quantitative estimate of drug-likeness (QED) is 0.808. The minimum absolute atomic E-state index is 0.190. The smallest absolute Gasteiger partial charge is 0.313 e. The third kappa shape index (κ3) is 3.32. The summed E-state index contributed by atoms with van der Waals surface area (Å²) in [5.41, 5.74) is 1.23. The minimum Gasteiger partial charge on any atom is -0.481 e. The van der Waals surface area contributed by atoms with Crippen LogP contribution in [0.3, 0.4) is 0 Å². The Balaban J connectivity index is 2.59. The van der Waals surface area contributed by atoms with Gasteiger partial charge >= 0.3 is 5.97 Å². The number of carbonyl (C=O) groups is 1. The van der Waals surface area contributed by atoms with Crippen molar-refractivity contribution in [1.82, 2.24) is 14.8 Å². The Morgan fingerprint density at radius 2 is 2.10 bits per heavy atom. The monoisotopic (exact) mass is 347 g/mol. The van der Waals surface area contributed by atoms with Crippen molar-refractivity contribution in [2.75, 3.05) is 5.75 Å². The zero-order valence-corrected chi connectivity index (χ0v) is 13.2. The van der Waals surface area contributed by atoms with Gasteiger partial charge < -0.3 is 10.2 Å². The number of aryl methyl sites for hydroxylation is 1. The highest BCUT2D eigenvalue weighted by Gasteiger charge is 2.20. The van der Waals surface area contributed by atoms with E-state index < -0.39 is 5.97 Å². The molecule has 1 aromatic carbocycles. The van der Waals surface area contributed by atoms with Crippen LogP contribution in [0.1, 0.15) is 11.4 Å². The lowest BCUT2D eigenvalue weighted by Gasteiger charge is -2.13. The van der Waals surface area contributed by atoms with Crippen LogP contribution in [-0.2, 0) is 11.4 Å². The summed E-state index contributed by atoms with van der Waals surface area (Å²) < 4.78 is 1.48. The highest BCUT2D eigenvalue weighted by molar-refractivity contribution is 7.99. The fourth-order valence-corrected chi connectivity index (χ4v) is 2.91. The average molecular weight is 348 g/mol. The van der Waals surface area contributed by atoms with E-state index >= 15 is 0 Å². The van der Waals surface area contributed by atoms with E-state index in [0.717, 1.165) is 17.3 Å². The number of carboxylic acids is 1. The van der Waals surface area contributed by atoms with E-state index in [-0.39, 0.29) is 18.2 Å². The van der Waals surface area contributed by atoms with Gasteiger partial charge in [0.05, 0.1) is 21.5 Å². The molecular formula is C12H11Cl2N3O3S. The Labute approximate surface area is 134 Å². The number of thioether (sulfide) groups is 1. The Bertz CT molecular complexity index is 691. The molecule has 1 aromatic heterocycles. The third-order valence-corrected chi connectivity index (χ3v) is 4.35. The molecule has 112 valence electrons. The number of halogens is 2. The van der Waals surface area contributed by atoms with E-state index in [1.54, 1.807) is 12.1 Å². The molecule has 0 aliphatic heterocycles. The van der Waals surface area contributed by atoms with E-state index in [1.807, 2.05) is 6.92 Å². The molecule has 1 heterocycles. The number of carboxylic acid groups (broad SMARTS) is 1. The van der Waals surface area contributed by atoms with Crippen LogP contribution in [0.25, 0.3) is 5.69 Å². The molecule has 0 amide bonds. The SMILES string of the molecule is Cc1ccc(Cl)c(-n2c(CO)nnc2SCC(=O)O)c1Cl. The highest BCUT2D eigenvalue weighted by Crippen LogP contribution is 2.34. The topological polar surface area (TPSA) is 88.2 Å². The van der Waals surface area contributed by atoms with Crippen LogP contribution in [0.5, 0.6) is 0 Å². The number of aromatic nitrogens is 3. The summed E-state index contributed by atoms with van der Waals surface area (Å²) in [4.78, 5) is 10.7. The lowest BCUT2D eigenvalue weighted by atomic mass is 10.2. The van der Waals surface area contributed by atoms with Crippen molar-refractivity contribution in [3.8, 4) is 5.69 Å². The summed E-state index contributed by atoms with van der Waals surface area (Å²) in [7, 11) is 0. The van der Waals surface area contributed by atoms with Gasteiger partial charge in [0.25, 0.3) is 0 Å². The second kappa shape index (κ2) is 6.65. The van der Waals surface area contributed by atoms with Gasteiger partial charge in [-0.15, -0.1) is 10.2 Å². The Morgan fingerprint density at radius 1 is 1.38 bits per heavy atom. The number of aliphatic carboxylic acids is 1. The molecule has 9 heteroatoms. The Hall–Kier alpha value is -1.28. The molecule has 6 nitrogen and oxygen atoms in total. The van der Waals surface area contributed by atoms with Crippen LogP contribution in [0, 0.1) is 6.92 Å². The van der Waals surface area contributed by atoms with E-state index in [9.17, 15) is 9.90 Å². The van der Waals surface area contributed by atoms with Crippen LogP contribution in [-0.4, -0.2) is 36.7 Å². The molecule has 0 unspecified atom stereocenters. The highest BCUT2D eigenvalue weighted by atomic mass is 35.5. The van der Waals surface area contributed by atoms with Crippen molar-refractivity contribution in [3.63, 3.8) is 0 Å². The first-order valence-corrected chi connectivity index (χ1v) is 7.54. The van der Waals surface area contributed by atoms with Gasteiger partial charge in [-0.3, -0.25) is 9.36 Å². The van der Waals surface area contributed by atoms with Crippen molar-refractivity contribution in [3.05, 3.63) is 33.6 Å². The Morgan fingerprint density at radius 3 is 2.71 bits per heavy atom. The number of hydrogen-bond acceptors (Lipinski definition) is 5. The molecule has 0 spiro atoms. The minimum atomic E-state index is -0.985. The fourth-order valence-electron chi connectivity index (χ4n) is 1.69. The molecule has 2 N–H and O–H groups in total. The lowest BCUT2D eigenvalue weighted by molar-refractivity contribution is -0.133. The van der Waals surface area contributed by atoms with Crippen LogP contribution in [0.15, 0.2) is 17.3 Å². The van der Waals surface area contributed by atoms with Crippen LogP contribution >= 0.6 is 35.0 Å². The first kappa shape index (κ1) is 16.1. The maximum Gasteiger partial charge on any atom is 0.313 e. The maximum atomic E-state index is 10.7. The van der Waals surface area contributed by atoms with Gasteiger partial charge in [0.2, 0.25) is 0 Å². The second-order valence-electron chi connectivity index (χ2n) is 4.10. The standard InChI is InChI=1S/C12H11Cl2N3O3S/c1-6-2-3-7(13)11(10(6)14)17-8(4-18)15-16-12(17)21-5-9(19)20/h2-3,18H,4-5H2,1H3,(H,19,20). The van der Waals surface area contributed by atoms with Crippen molar-refractivity contribution in [1.29, 1.82) is 0 Å². The zero-order chi connectivity index (χ0) is 15.6. The van der Waals surface area contributed by atoms with Gasteiger partial charge in [0.15, 0.2) is 11.0 Å². The predicted octanol–water partition coefficient (Wildman–Crippen LogP) is 2.55. The molecule has 0 bridgehead atoms. The van der Waals surface area contributed by atoms with E-state index in [0.29, 0.717) is 20.9 Å². The summed E-state index contributed by atoms with van der Waals surface area (Å²) in [6.07, 6.45) is 0. The molecule has 0 radical (unpaired) electrons. The first-order valence-electron chi connectivity index (χ1n) is 5.80. The number of nitrogens with zero attached hydrogens (tertiary/aromatic N) is 3. The van der Waals surface area contributed by atoms with E-state index in [4.69, 9.17) is 28.3 Å². The summed E-state index contributed by atoms with van der Waals surface area (Å²) in [5, 5.41) is 26.9. The summed E-state index contributed by atoms with van der Waals surface area (Å²) in [6, 6.07) is 3.44. The summed E-state index contributed by atoms with van der Waals surface area (Å²) in [6.45, 7) is 1.44. The molecule has 0 aliphatic carbocycles. The van der Waals surface area contributed by atoms with Gasteiger partial charge in [-0.1, -0.05) is 41.0 Å². The number of rotatable bonds is 5. The van der Waals surface area contributed by atoms with Crippen LogP contribution in [0.4, 0.5) is 0 Å². The largest absolute Gasteiger partial charge is 0.481 e. The van der Waals surface area contributed by atoms with Crippen molar-refractivity contribution < 1.29 is 15.0 Å². The van der Waals surface area contributed by atoms with Crippen molar-refractivity contribution >= 4 is 40.9 Å². The molecule has 0 saturated carbocycles. The van der Waals surface area contributed by atoms with Gasteiger partial charge in [0, 0.05) is 0 Å². The van der Waals surface area contributed by atoms with Crippen LogP contribution < -0.4 is 0 Å². The summed E-state index contributed by atoms with van der Waals surface area (Å²) in [5.74, 6) is -0.941. The molecule has 0 aliphatic rings. The van der Waals surface area contributed by atoms with E-state index in [1.165, 1.54) is 4.57 Å².